The summed E-state index contributed by atoms with van der Waals surface area (Å²) in [5.74, 6) is 18.7. The molecule has 0 unspecified atom stereocenters. The lowest BCUT2D eigenvalue weighted by Gasteiger charge is -1.98. The van der Waals surface area contributed by atoms with Crippen LogP contribution in [-0.2, 0) is 19.2 Å². The summed E-state index contributed by atoms with van der Waals surface area (Å²) in [6, 6.07) is 18.6. The topological polar surface area (TPSA) is 68.3 Å². The van der Waals surface area contributed by atoms with E-state index in [1.54, 1.807) is 48.6 Å². The normalized spacial score (nSPS) is 13.8. The smallest absolute Gasteiger partial charge is 0.179 e. The zero-order valence-electron chi connectivity index (χ0n) is 24.0. The summed E-state index contributed by atoms with van der Waals surface area (Å²) in [7, 11) is 0. The van der Waals surface area contributed by atoms with E-state index in [9.17, 15) is 19.2 Å². The number of ketones is 4. The van der Waals surface area contributed by atoms with Crippen LogP contribution < -0.4 is 41.7 Å². The minimum absolute atomic E-state index is 0.0545. The van der Waals surface area contributed by atoms with Crippen LogP contribution in [0.5, 0.6) is 0 Å². The number of carbonyl (C=O) groups excluding carboxylic acids is 4. The molecular formula is C42H18O4. The molecule has 0 bridgehead atoms. The van der Waals surface area contributed by atoms with Crippen molar-refractivity contribution in [1.29, 1.82) is 0 Å². The molecule has 0 saturated heterocycles. The molecule has 0 fully saturated rings. The monoisotopic (exact) mass is 586 g/mol. The van der Waals surface area contributed by atoms with Crippen molar-refractivity contribution in [3.8, 4) is 35.5 Å². The molecule has 4 aromatic carbocycles. The second-order valence-electron chi connectivity index (χ2n) is 11.1. The minimum atomic E-state index is -0.136. The Morgan fingerprint density at radius 2 is 0.543 bits per heavy atom. The van der Waals surface area contributed by atoms with Crippen LogP contribution in [0.1, 0.15) is 33.4 Å². The Hall–Kier alpha value is -6.80. The Balaban J connectivity index is 1.17. The van der Waals surface area contributed by atoms with Gasteiger partial charge in [-0.15, -0.1) is 0 Å². The SMILES string of the molecule is O=C1C=c2cccc(C#Cc3ccc(C#Cc4ccc(C#Cc5cccc6c5=CC(=O)C=6)c5c4=CC(=O)C=5)c4c3=CC(=O)C=4)c2=C1. The van der Waals surface area contributed by atoms with Crippen molar-refractivity contribution in [2.45, 2.75) is 0 Å². The van der Waals surface area contributed by atoms with Crippen LogP contribution in [0.2, 0.25) is 0 Å². The second-order valence-corrected chi connectivity index (χ2v) is 11.1. The average molecular weight is 587 g/mol. The highest BCUT2D eigenvalue weighted by molar-refractivity contribution is 6.28. The van der Waals surface area contributed by atoms with Crippen molar-refractivity contribution in [1.82, 2.24) is 0 Å². The van der Waals surface area contributed by atoms with Gasteiger partial charge in [0.05, 0.1) is 0 Å². The Morgan fingerprint density at radius 3 is 0.870 bits per heavy atom. The van der Waals surface area contributed by atoms with Gasteiger partial charge in [-0.25, -0.2) is 0 Å². The Kier molecular flexibility index (Phi) is 6.08. The van der Waals surface area contributed by atoms with Gasteiger partial charge in [0.25, 0.3) is 0 Å². The molecule has 210 valence electrons. The van der Waals surface area contributed by atoms with E-state index in [0.29, 0.717) is 43.1 Å². The van der Waals surface area contributed by atoms with Gasteiger partial charge in [0.2, 0.25) is 0 Å². The van der Waals surface area contributed by atoms with E-state index >= 15 is 0 Å². The fourth-order valence-electron chi connectivity index (χ4n) is 6.02. The third kappa shape index (κ3) is 4.67. The molecule has 0 saturated carbocycles. The Morgan fingerprint density at radius 1 is 0.283 bits per heavy atom. The number of fused-ring (bicyclic) bond motifs is 4. The van der Waals surface area contributed by atoms with Crippen molar-refractivity contribution in [2.75, 3.05) is 0 Å². The van der Waals surface area contributed by atoms with Gasteiger partial charge in [-0.05, 0) is 95.4 Å². The summed E-state index contributed by atoms with van der Waals surface area (Å²) < 4.78 is 0. The molecule has 4 heteroatoms. The first-order valence-electron chi connectivity index (χ1n) is 14.5. The van der Waals surface area contributed by atoms with Gasteiger partial charge in [0.1, 0.15) is 0 Å². The molecule has 4 nitrogen and oxygen atoms in total. The molecule has 0 N–H and O–H groups in total. The van der Waals surface area contributed by atoms with Gasteiger partial charge in [-0.3, -0.25) is 19.2 Å². The predicted molar refractivity (Wildman–Crippen MR) is 176 cm³/mol. The van der Waals surface area contributed by atoms with E-state index in [1.165, 1.54) is 0 Å². The first-order chi connectivity index (χ1) is 22.4. The highest BCUT2D eigenvalue weighted by Gasteiger charge is 2.11. The third-order valence-electron chi connectivity index (χ3n) is 8.16. The van der Waals surface area contributed by atoms with E-state index in [1.807, 2.05) is 60.7 Å². The second kappa shape index (κ2) is 10.4. The molecular weight excluding hydrogens is 568 g/mol. The number of hydrogen-bond acceptors (Lipinski definition) is 4. The molecule has 4 aliphatic rings. The number of Topliss-reactive ketones (excluding diaryl/α,β-unsaturated/α-hetero) is 4. The standard InChI is InChI=1S/C42H18O4/c43-33-17-31-5-1-3-25(37(31)19-33)7-9-27-11-13-29(41-23-35(45)21-39(27)41)15-16-30-14-12-28(40-22-36(46)24-42(30)40)10-8-26-4-2-6-32-18-34(44)20-38(26)32/h1-6,11-14,17-24H. The highest BCUT2D eigenvalue weighted by atomic mass is 16.1. The van der Waals surface area contributed by atoms with Crippen molar-refractivity contribution in [3.05, 3.63) is 136 Å². The summed E-state index contributed by atoms with van der Waals surface area (Å²) in [6.07, 6.45) is 12.6. The first kappa shape index (κ1) is 26.8. The van der Waals surface area contributed by atoms with E-state index in [0.717, 1.165) is 32.0 Å². The molecule has 46 heavy (non-hydrogen) atoms. The van der Waals surface area contributed by atoms with Gasteiger partial charge >= 0.3 is 0 Å². The Bertz CT molecular complexity index is 2740. The molecule has 4 aliphatic carbocycles. The minimum Gasteiger partial charge on any atom is -0.290 e. The third-order valence-corrected chi connectivity index (χ3v) is 8.16. The molecule has 0 aromatic heterocycles. The maximum absolute atomic E-state index is 12.5. The van der Waals surface area contributed by atoms with E-state index < -0.39 is 0 Å². The molecule has 0 spiro atoms. The largest absolute Gasteiger partial charge is 0.290 e. The zero-order chi connectivity index (χ0) is 31.4. The maximum Gasteiger partial charge on any atom is 0.179 e. The number of carbonyl (C=O) groups is 4. The number of rotatable bonds is 0. The molecule has 0 heterocycles. The number of hydrogen-bond donors (Lipinski definition) is 0. The van der Waals surface area contributed by atoms with Gasteiger partial charge in [-0.1, -0.05) is 59.8 Å². The molecule has 0 atom stereocenters. The quantitative estimate of drug-likeness (QED) is 0.235. The molecule has 0 amide bonds. The van der Waals surface area contributed by atoms with Gasteiger partial charge in [-0.2, -0.15) is 0 Å². The van der Waals surface area contributed by atoms with Crippen LogP contribution in [0.15, 0.2) is 60.7 Å². The van der Waals surface area contributed by atoms with Gasteiger partial charge in [0, 0.05) is 64.7 Å². The van der Waals surface area contributed by atoms with Crippen LogP contribution in [0.4, 0.5) is 0 Å². The maximum atomic E-state index is 12.5. The Labute approximate surface area is 261 Å². The summed E-state index contributed by atoms with van der Waals surface area (Å²) in [5, 5.41) is 6.12. The van der Waals surface area contributed by atoms with Crippen molar-refractivity contribution in [2.24, 2.45) is 0 Å². The highest BCUT2D eigenvalue weighted by Crippen LogP contribution is 2.01. The molecule has 0 aliphatic heterocycles. The summed E-state index contributed by atoms with van der Waals surface area (Å²) in [6.45, 7) is 0. The van der Waals surface area contributed by atoms with Crippen LogP contribution in [0, 0.1) is 35.5 Å². The lowest BCUT2D eigenvalue weighted by Crippen LogP contribution is -2.28. The fourth-order valence-corrected chi connectivity index (χ4v) is 6.02. The average Bonchev–Trinajstić information content (AvgIpc) is 3.81. The predicted octanol–water partition coefficient (Wildman–Crippen LogP) is -1.54. The van der Waals surface area contributed by atoms with Crippen molar-refractivity contribution >= 4 is 71.7 Å². The summed E-state index contributed by atoms with van der Waals surface area (Å²) in [5.41, 5.74) is 4.21. The van der Waals surface area contributed by atoms with Crippen LogP contribution in [0.25, 0.3) is 48.6 Å². The van der Waals surface area contributed by atoms with Crippen LogP contribution >= 0.6 is 0 Å². The number of benzene rings is 4. The lowest BCUT2D eigenvalue weighted by atomic mass is 10.0. The van der Waals surface area contributed by atoms with Crippen LogP contribution in [-0.4, -0.2) is 23.1 Å². The molecule has 8 rings (SSSR count). The van der Waals surface area contributed by atoms with Gasteiger partial charge < -0.3 is 0 Å². The van der Waals surface area contributed by atoms with Crippen LogP contribution in [0.3, 0.4) is 0 Å². The lowest BCUT2D eigenvalue weighted by molar-refractivity contribution is -0.108. The van der Waals surface area contributed by atoms with E-state index in [4.69, 9.17) is 0 Å². The van der Waals surface area contributed by atoms with E-state index in [2.05, 4.69) is 35.5 Å². The summed E-state index contributed by atoms with van der Waals surface area (Å²) >= 11 is 0. The first-order valence-corrected chi connectivity index (χ1v) is 14.5. The zero-order valence-corrected chi connectivity index (χ0v) is 24.0. The molecule has 0 radical (unpaired) electrons. The fraction of sp³-hybridized carbons (Fsp3) is 0. The van der Waals surface area contributed by atoms with Gasteiger partial charge in [0.15, 0.2) is 23.1 Å². The molecule has 4 aromatic rings. The van der Waals surface area contributed by atoms with Crippen molar-refractivity contribution in [3.63, 3.8) is 0 Å². The van der Waals surface area contributed by atoms with Crippen molar-refractivity contribution < 1.29 is 19.2 Å². The summed E-state index contributed by atoms with van der Waals surface area (Å²) in [4.78, 5) is 48.7. The van der Waals surface area contributed by atoms with E-state index in [-0.39, 0.29) is 23.1 Å².